The highest BCUT2D eigenvalue weighted by atomic mass is 16.5. The summed E-state index contributed by atoms with van der Waals surface area (Å²) in [7, 11) is 1.75. The van der Waals surface area contributed by atoms with Crippen LogP contribution in [0.15, 0.2) is 28.9 Å². The van der Waals surface area contributed by atoms with Gasteiger partial charge in [0.05, 0.1) is 6.26 Å². The molecule has 0 spiro atoms. The monoisotopic (exact) mass is 223 g/mol. The minimum Gasteiger partial charge on any atom is -0.465 e. The first-order valence-corrected chi connectivity index (χ1v) is 5.83. The molecule has 90 valence electrons. The zero-order valence-corrected chi connectivity index (χ0v) is 9.95. The average Bonchev–Trinajstić information content (AvgIpc) is 2.80. The number of rotatable bonds is 9. The molecule has 1 N–H and O–H groups in total. The fraction of sp³-hybridized carbons (Fsp3) is 0.538. The Balaban J connectivity index is 1.88. The van der Waals surface area contributed by atoms with Crippen LogP contribution in [0.5, 0.6) is 0 Å². The van der Waals surface area contributed by atoms with Gasteiger partial charge in [0.15, 0.2) is 0 Å². The summed E-state index contributed by atoms with van der Waals surface area (Å²) in [6.45, 7) is 2.83. The van der Waals surface area contributed by atoms with Crippen LogP contribution in [-0.2, 0) is 4.74 Å². The highest BCUT2D eigenvalue weighted by Crippen LogP contribution is 2.01. The lowest BCUT2D eigenvalue weighted by molar-refractivity contribution is 0.192. The van der Waals surface area contributed by atoms with Crippen molar-refractivity contribution in [3.05, 3.63) is 30.2 Å². The minimum atomic E-state index is 0.873. The van der Waals surface area contributed by atoms with E-state index in [0.29, 0.717) is 0 Å². The lowest BCUT2D eigenvalue weighted by Crippen LogP contribution is -2.14. The van der Waals surface area contributed by atoms with Gasteiger partial charge in [-0.3, -0.25) is 0 Å². The number of hydrogen-bond acceptors (Lipinski definition) is 3. The fourth-order valence-corrected chi connectivity index (χ4v) is 1.42. The second-order valence-electron chi connectivity index (χ2n) is 3.68. The molecule has 0 amide bonds. The van der Waals surface area contributed by atoms with Gasteiger partial charge < -0.3 is 14.5 Å². The molecule has 0 unspecified atom stereocenters. The van der Waals surface area contributed by atoms with E-state index in [1.54, 1.807) is 13.4 Å². The zero-order chi connectivity index (χ0) is 11.5. The van der Waals surface area contributed by atoms with Gasteiger partial charge in [-0.05, 0) is 44.0 Å². The van der Waals surface area contributed by atoms with Crippen LogP contribution in [0.4, 0.5) is 0 Å². The molecule has 3 heteroatoms. The predicted molar refractivity (Wildman–Crippen MR) is 66.3 cm³/mol. The van der Waals surface area contributed by atoms with Gasteiger partial charge in [0.1, 0.15) is 5.76 Å². The van der Waals surface area contributed by atoms with Crippen molar-refractivity contribution in [2.24, 2.45) is 0 Å². The van der Waals surface area contributed by atoms with Gasteiger partial charge in [-0.2, -0.15) is 0 Å². The average molecular weight is 223 g/mol. The van der Waals surface area contributed by atoms with Crippen LogP contribution in [0.2, 0.25) is 0 Å². The Labute approximate surface area is 97.5 Å². The summed E-state index contributed by atoms with van der Waals surface area (Å²) < 4.78 is 10.2. The van der Waals surface area contributed by atoms with Gasteiger partial charge in [-0.25, -0.2) is 0 Å². The van der Waals surface area contributed by atoms with Crippen molar-refractivity contribution >= 4 is 6.08 Å². The zero-order valence-electron chi connectivity index (χ0n) is 9.95. The summed E-state index contributed by atoms with van der Waals surface area (Å²) in [5, 5.41) is 3.36. The SMILES string of the molecule is COCCCCCNC/C=C/c1ccco1. The number of nitrogens with one attached hydrogen (secondary N) is 1. The third-order valence-corrected chi connectivity index (χ3v) is 2.29. The molecule has 1 aromatic heterocycles. The Morgan fingerprint density at radius 1 is 1.38 bits per heavy atom. The molecule has 0 aliphatic rings. The molecule has 1 aromatic rings. The summed E-state index contributed by atoms with van der Waals surface area (Å²) >= 11 is 0. The molecular weight excluding hydrogens is 202 g/mol. The largest absolute Gasteiger partial charge is 0.465 e. The summed E-state index contributed by atoms with van der Waals surface area (Å²) in [6, 6.07) is 3.84. The molecule has 0 aromatic carbocycles. The van der Waals surface area contributed by atoms with Gasteiger partial charge >= 0.3 is 0 Å². The molecule has 16 heavy (non-hydrogen) atoms. The van der Waals surface area contributed by atoms with E-state index in [1.165, 1.54) is 12.8 Å². The van der Waals surface area contributed by atoms with E-state index in [0.717, 1.165) is 31.9 Å². The van der Waals surface area contributed by atoms with E-state index < -0.39 is 0 Å². The fourth-order valence-electron chi connectivity index (χ4n) is 1.42. The first-order valence-electron chi connectivity index (χ1n) is 5.83. The van der Waals surface area contributed by atoms with E-state index in [1.807, 2.05) is 18.2 Å². The van der Waals surface area contributed by atoms with E-state index in [4.69, 9.17) is 9.15 Å². The summed E-state index contributed by atoms with van der Waals surface area (Å²) in [5.74, 6) is 0.905. The highest BCUT2D eigenvalue weighted by molar-refractivity contribution is 5.42. The molecule has 1 rings (SSSR count). The van der Waals surface area contributed by atoms with Gasteiger partial charge in [0.2, 0.25) is 0 Å². The molecule has 0 aliphatic carbocycles. The topological polar surface area (TPSA) is 34.4 Å². The van der Waals surface area contributed by atoms with E-state index in [-0.39, 0.29) is 0 Å². The van der Waals surface area contributed by atoms with Gasteiger partial charge in [0, 0.05) is 20.3 Å². The van der Waals surface area contributed by atoms with Crippen LogP contribution in [0.25, 0.3) is 6.08 Å². The standard InChI is InChI=1S/C13H21NO2/c1-15-11-4-2-3-9-14-10-5-7-13-8-6-12-16-13/h5-8,12,14H,2-4,9-11H2,1H3/b7-5+. The van der Waals surface area contributed by atoms with E-state index >= 15 is 0 Å². The van der Waals surface area contributed by atoms with Crippen LogP contribution >= 0.6 is 0 Å². The molecule has 0 saturated carbocycles. The number of ether oxygens (including phenoxy) is 1. The molecule has 0 radical (unpaired) electrons. The van der Waals surface area contributed by atoms with Gasteiger partial charge in [0.25, 0.3) is 0 Å². The maximum absolute atomic E-state index is 5.18. The first kappa shape index (κ1) is 13.0. The normalized spacial score (nSPS) is 11.3. The van der Waals surface area contributed by atoms with Crippen LogP contribution in [0, 0.1) is 0 Å². The Morgan fingerprint density at radius 2 is 2.31 bits per heavy atom. The molecule has 0 fully saturated rings. The quantitative estimate of drug-likeness (QED) is 0.654. The third kappa shape index (κ3) is 6.43. The second-order valence-corrected chi connectivity index (χ2v) is 3.68. The van der Waals surface area contributed by atoms with Crippen molar-refractivity contribution in [1.82, 2.24) is 5.32 Å². The number of unbranched alkanes of at least 4 members (excludes halogenated alkanes) is 2. The minimum absolute atomic E-state index is 0.873. The number of furan rings is 1. The van der Waals surface area contributed by atoms with Gasteiger partial charge in [-0.15, -0.1) is 0 Å². The maximum Gasteiger partial charge on any atom is 0.126 e. The molecule has 0 bridgehead atoms. The van der Waals surface area contributed by atoms with E-state index in [2.05, 4.69) is 11.4 Å². The molecule has 1 heterocycles. The Kier molecular flexibility index (Phi) is 7.47. The van der Waals surface area contributed by atoms with Crippen molar-refractivity contribution in [2.75, 3.05) is 26.8 Å². The lowest BCUT2D eigenvalue weighted by Gasteiger charge is -2.01. The second kappa shape index (κ2) is 9.19. The summed E-state index contributed by atoms with van der Waals surface area (Å²) in [6.07, 6.45) is 9.33. The lowest BCUT2D eigenvalue weighted by atomic mass is 10.2. The summed E-state index contributed by atoms with van der Waals surface area (Å²) in [4.78, 5) is 0. The van der Waals surface area contributed by atoms with Crippen molar-refractivity contribution < 1.29 is 9.15 Å². The van der Waals surface area contributed by atoms with Crippen LogP contribution < -0.4 is 5.32 Å². The van der Waals surface area contributed by atoms with Crippen molar-refractivity contribution in [2.45, 2.75) is 19.3 Å². The smallest absolute Gasteiger partial charge is 0.126 e. The third-order valence-electron chi connectivity index (χ3n) is 2.29. The van der Waals surface area contributed by atoms with Crippen LogP contribution in [-0.4, -0.2) is 26.8 Å². The molecule has 0 aliphatic heterocycles. The molecular formula is C13H21NO2. The maximum atomic E-state index is 5.18. The molecule has 0 saturated heterocycles. The Morgan fingerprint density at radius 3 is 3.06 bits per heavy atom. The number of methoxy groups -OCH3 is 1. The highest BCUT2D eigenvalue weighted by Gasteiger charge is 1.89. The van der Waals surface area contributed by atoms with Crippen molar-refractivity contribution in [1.29, 1.82) is 0 Å². The van der Waals surface area contributed by atoms with Crippen molar-refractivity contribution in [3.63, 3.8) is 0 Å². The summed E-state index contributed by atoms with van der Waals surface area (Å²) in [5.41, 5.74) is 0. The predicted octanol–water partition coefficient (Wildman–Crippen LogP) is 2.70. The first-order chi connectivity index (χ1) is 7.93. The number of hydrogen-bond donors (Lipinski definition) is 1. The van der Waals surface area contributed by atoms with Gasteiger partial charge in [-0.1, -0.05) is 6.08 Å². The van der Waals surface area contributed by atoms with Crippen LogP contribution in [0.1, 0.15) is 25.0 Å². The van der Waals surface area contributed by atoms with Crippen LogP contribution in [0.3, 0.4) is 0 Å². The molecule has 0 atom stereocenters. The molecule has 3 nitrogen and oxygen atoms in total. The Bertz CT molecular complexity index is 267. The van der Waals surface area contributed by atoms with E-state index in [9.17, 15) is 0 Å². The Hall–Kier alpha value is -1.06. The van der Waals surface area contributed by atoms with Crippen molar-refractivity contribution in [3.8, 4) is 0 Å².